The van der Waals surface area contributed by atoms with Crippen molar-refractivity contribution in [1.82, 2.24) is 14.8 Å². The molecule has 0 saturated carbocycles. The van der Waals surface area contributed by atoms with Crippen molar-refractivity contribution in [2.75, 3.05) is 5.32 Å². The summed E-state index contributed by atoms with van der Waals surface area (Å²) in [5.41, 5.74) is 2.25. The van der Waals surface area contributed by atoms with Gasteiger partial charge in [-0.2, -0.15) is 0 Å². The van der Waals surface area contributed by atoms with Crippen LogP contribution in [0.15, 0.2) is 30.6 Å². The molecular weight excluding hydrogens is 260 g/mol. The third-order valence-corrected chi connectivity index (χ3v) is 4.08. The predicted molar refractivity (Wildman–Crippen MR) is 88.2 cm³/mol. The molecule has 1 aromatic heterocycles. The zero-order valence-electron chi connectivity index (χ0n) is 13.5. The van der Waals surface area contributed by atoms with Crippen LogP contribution in [0.25, 0.3) is 11.4 Å². The van der Waals surface area contributed by atoms with E-state index in [-0.39, 0.29) is 0 Å². The molecule has 4 heteroatoms. The van der Waals surface area contributed by atoms with E-state index in [9.17, 15) is 0 Å². The van der Waals surface area contributed by atoms with Gasteiger partial charge >= 0.3 is 0 Å². The predicted octanol–water partition coefficient (Wildman–Crippen LogP) is 4.11. The van der Waals surface area contributed by atoms with E-state index in [1.807, 2.05) is 11.6 Å². The minimum absolute atomic E-state index is 0.523. The number of nitrogens with zero attached hydrogens (tertiary/aromatic N) is 3. The van der Waals surface area contributed by atoms with Crippen molar-refractivity contribution < 1.29 is 0 Å². The summed E-state index contributed by atoms with van der Waals surface area (Å²) in [7, 11) is 1.97. The Hall–Kier alpha value is -1.84. The molecule has 114 valence electrons. The van der Waals surface area contributed by atoms with Crippen molar-refractivity contribution >= 4 is 5.69 Å². The number of aryl methyl sites for hydroxylation is 1. The van der Waals surface area contributed by atoms with Crippen LogP contribution in [-0.4, -0.2) is 20.8 Å². The Morgan fingerprint density at radius 1 is 1.24 bits per heavy atom. The van der Waals surface area contributed by atoms with Gasteiger partial charge in [-0.1, -0.05) is 39.3 Å². The normalized spacial score (nSPS) is 13.9. The second-order valence-electron chi connectivity index (χ2n) is 5.84. The third-order valence-electron chi connectivity index (χ3n) is 4.08. The van der Waals surface area contributed by atoms with Crippen LogP contribution in [0, 0.1) is 5.92 Å². The van der Waals surface area contributed by atoms with E-state index in [1.165, 1.54) is 12.8 Å². The van der Waals surface area contributed by atoms with Crippen LogP contribution in [0.2, 0.25) is 0 Å². The lowest BCUT2D eigenvalue weighted by Gasteiger charge is -2.21. The minimum Gasteiger partial charge on any atom is -0.382 e. The van der Waals surface area contributed by atoms with Crippen LogP contribution < -0.4 is 5.32 Å². The van der Waals surface area contributed by atoms with Crippen molar-refractivity contribution in [2.45, 2.75) is 46.1 Å². The molecule has 4 nitrogen and oxygen atoms in total. The molecule has 2 atom stereocenters. The fraction of sp³-hybridized carbons (Fsp3) is 0.529. The Kier molecular flexibility index (Phi) is 5.37. The molecular formula is C17H26N4. The molecule has 0 bridgehead atoms. The zero-order chi connectivity index (χ0) is 15.2. The van der Waals surface area contributed by atoms with Gasteiger partial charge in [0.2, 0.25) is 0 Å². The summed E-state index contributed by atoms with van der Waals surface area (Å²) in [5, 5.41) is 11.8. The molecule has 0 aliphatic carbocycles. The highest BCUT2D eigenvalue weighted by atomic mass is 15.2. The Bertz CT molecular complexity index is 561. The van der Waals surface area contributed by atoms with Gasteiger partial charge in [-0.15, -0.1) is 10.2 Å². The van der Waals surface area contributed by atoms with Crippen LogP contribution >= 0.6 is 0 Å². The second-order valence-corrected chi connectivity index (χ2v) is 5.84. The van der Waals surface area contributed by atoms with E-state index in [1.54, 1.807) is 6.33 Å². The van der Waals surface area contributed by atoms with Crippen molar-refractivity contribution in [1.29, 1.82) is 0 Å². The third kappa shape index (κ3) is 4.06. The van der Waals surface area contributed by atoms with Crippen LogP contribution in [0.5, 0.6) is 0 Å². The lowest BCUT2D eigenvalue weighted by molar-refractivity contribution is 0.462. The standard InChI is InChI=1S/C17H26N4/c1-5-13(3)10-15(6-2)19-16-9-7-8-14(11-16)17-20-18-12-21(17)4/h7-9,11-13,15,19H,5-6,10H2,1-4H3. The first-order valence-electron chi connectivity index (χ1n) is 7.85. The quantitative estimate of drug-likeness (QED) is 0.833. The number of anilines is 1. The Balaban J connectivity index is 2.12. The van der Waals surface area contributed by atoms with Gasteiger partial charge in [-0.3, -0.25) is 0 Å². The SMILES string of the molecule is CCC(C)CC(CC)Nc1cccc(-c2nncn2C)c1. The average Bonchev–Trinajstić information content (AvgIpc) is 2.92. The number of benzene rings is 1. The van der Waals surface area contributed by atoms with Gasteiger partial charge in [0.1, 0.15) is 6.33 Å². The zero-order valence-corrected chi connectivity index (χ0v) is 13.5. The summed E-state index contributed by atoms with van der Waals surface area (Å²) in [4.78, 5) is 0. The molecule has 0 radical (unpaired) electrons. The van der Waals surface area contributed by atoms with Gasteiger partial charge in [0, 0.05) is 24.3 Å². The summed E-state index contributed by atoms with van der Waals surface area (Å²) < 4.78 is 1.94. The van der Waals surface area contributed by atoms with Gasteiger partial charge in [-0.25, -0.2) is 0 Å². The molecule has 0 aliphatic heterocycles. The van der Waals surface area contributed by atoms with Crippen LogP contribution in [0.4, 0.5) is 5.69 Å². The summed E-state index contributed by atoms with van der Waals surface area (Å²) in [6.45, 7) is 6.82. The lowest BCUT2D eigenvalue weighted by Crippen LogP contribution is -2.21. The van der Waals surface area contributed by atoms with Crippen molar-refractivity contribution in [3.05, 3.63) is 30.6 Å². The molecule has 0 spiro atoms. The van der Waals surface area contributed by atoms with Gasteiger partial charge in [0.25, 0.3) is 0 Å². The summed E-state index contributed by atoms with van der Waals surface area (Å²) >= 11 is 0. The molecule has 0 aliphatic rings. The average molecular weight is 286 g/mol. The fourth-order valence-corrected chi connectivity index (χ4v) is 2.51. The fourth-order valence-electron chi connectivity index (χ4n) is 2.51. The summed E-state index contributed by atoms with van der Waals surface area (Å²) in [6.07, 6.45) is 5.31. The Morgan fingerprint density at radius 2 is 2.05 bits per heavy atom. The molecule has 1 heterocycles. The first-order chi connectivity index (χ1) is 10.1. The maximum absolute atomic E-state index is 4.17. The van der Waals surface area contributed by atoms with Crippen LogP contribution in [-0.2, 0) is 7.05 Å². The second kappa shape index (κ2) is 7.25. The highest BCUT2D eigenvalue weighted by molar-refractivity contribution is 5.62. The molecule has 2 rings (SSSR count). The van der Waals surface area contributed by atoms with E-state index in [0.717, 1.165) is 29.4 Å². The first-order valence-corrected chi connectivity index (χ1v) is 7.85. The maximum Gasteiger partial charge on any atom is 0.163 e. The molecule has 0 saturated heterocycles. The number of hydrogen-bond acceptors (Lipinski definition) is 3. The molecule has 0 fully saturated rings. The first kappa shape index (κ1) is 15.5. The van der Waals surface area contributed by atoms with Gasteiger partial charge in [0.15, 0.2) is 5.82 Å². The summed E-state index contributed by atoms with van der Waals surface area (Å²) in [6, 6.07) is 8.95. The van der Waals surface area contributed by atoms with Crippen LogP contribution in [0.3, 0.4) is 0 Å². The van der Waals surface area contributed by atoms with E-state index in [0.29, 0.717) is 6.04 Å². The van der Waals surface area contributed by atoms with Crippen molar-refractivity contribution in [3.63, 3.8) is 0 Å². The monoisotopic (exact) mass is 286 g/mol. The Labute approximate surface area is 127 Å². The number of aromatic nitrogens is 3. The lowest BCUT2D eigenvalue weighted by atomic mass is 9.97. The summed E-state index contributed by atoms with van der Waals surface area (Å²) in [5.74, 6) is 1.65. The maximum atomic E-state index is 4.17. The highest BCUT2D eigenvalue weighted by Crippen LogP contribution is 2.22. The van der Waals surface area contributed by atoms with E-state index < -0.39 is 0 Å². The smallest absolute Gasteiger partial charge is 0.163 e. The molecule has 21 heavy (non-hydrogen) atoms. The molecule has 2 aromatic rings. The molecule has 2 unspecified atom stereocenters. The van der Waals surface area contributed by atoms with Crippen molar-refractivity contribution in [2.24, 2.45) is 13.0 Å². The molecule has 0 amide bonds. The van der Waals surface area contributed by atoms with E-state index in [4.69, 9.17) is 0 Å². The van der Waals surface area contributed by atoms with Crippen molar-refractivity contribution in [3.8, 4) is 11.4 Å². The number of hydrogen-bond donors (Lipinski definition) is 1. The topological polar surface area (TPSA) is 42.7 Å². The number of rotatable bonds is 7. The Morgan fingerprint density at radius 3 is 2.67 bits per heavy atom. The molecule has 1 aromatic carbocycles. The largest absolute Gasteiger partial charge is 0.382 e. The van der Waals surface area contributed by atoms with E-state index >= 15 is 0 Å². The van der Waals surface area contributed by atoms with Gasteiger partial charge < -0.3 is 9.88 Å². The van der Waals surface area contributed by atoms with Gasteiger partial charge in [0.05, 0.1) is 0 Å². The van der Waals surface area contributed by atoms with E-state index in [2.05, 4.69) is 60.6 Å². The number of nitrogens with one attached hydrogen (secondary N) is 1. The van der Waals surface area contributed by atoms with Gasteiger partial charge in [-0.05, 0) is 30.9 Å². The van der Waals surface area contributed by atoms with Crippen LogP contribution in [0.1, 0.15) is 40.0 Å². The molecule has 1 N–H and O–H groups in total. The highest BCUT2D eigenvalue weighted by Gasteiger charge is 2.11. The minimum atomic E-state index is 0.523.